The summed E-state index contributed by atoms with van der Waals surface area (Å²) in [6, 6.07) is 4.75. The van der Waals surface area contributed by atoms with Crippen molar-refractivity contribution in [2.24, 2.45) is 0 Å². The summed E-state index contributed by atoms with van der Waals surface area (Å²) in [6.07, 6.45) is 0. The number of hydrogen-bond acceptors (Lipinski definition) is 2. The van der Waals surface area contributed by atoms with Gasteiger partial charge in [-0.2, -0.15) is 0 Å². The maximum Gasteiger partial charge on any atom is 0.251 e. The third-order valence-electron chi connectivity index (χ3n) is 2.66. The van der Waals surface area contributed by atoms with Crippen LogP contribution in [0.15, 0.2) is 22.7 Å². The summed E-state index contributed by atoms with van der Waals surface area (Å²) in [4.78, 5) is 24.0. The largest absolute Gasteiger partial charge is 0.350 e. The summed E-state index contributed by atoms with van der Waals surface area (Å²) >= 11 is 3.39. The van der Waals surface area contributed by atoms with Crippen LogP contribution in [-0.2, 0) is 4.79 Å². The molecule has 0 saturated carbocycles. The predicted octanol–water partition coefficient (Wildman–Crippen LogP) is 2.79. The minimum Gasteiger partial charge on any atom is -0.350 e. The second-order valence-electron chi connectivity index (χ2n) is 5.90. The molecule has 0 fully saturated rings. The summed E-state index contributed by atoms with van der Waals surface area (Å²) in [7, 11) is 0. The lowest BCUT2D eigenvalue weighted by Crippen LogP contribution is -2.50. The van der Waals surface area contributed by atoms with Crippen LogP contribution in [0.5, 0.6) is 0 Å². The number of carbonyl (C=O) groups excluding carboxylic acids is 2. The SMILES string of the molecule is Cc1cc(C(=O)NC(C)C(=O)NC(C)(C)C)ccc1Br. The molecule has 1 aromatic carbocycles. The van der Waals surface area contributed by atoms with Gasteiger partial charge in [-0.3, -0.25) is 9.59 Å². The average molecular weight is 341 g/mol. The van der Waals surface area contributed by atoms with Gasteiger partial charge in [-0.15, -0.1) is 0 Å². The molecule has 0 bridgehead atoms. The fourth-order valence-corrected chi connectivity index (χ4v) is 1.86. The lowest BCUT2D eigenvalue weighted by atomic mass is 10.1. The van der Waals surface area contributed by atoms with Gasteiger partial charge in [-0.05, 0) is 58.4 Å². The van der Waals surface area contributed by atoms with Gasteiger partial charge in [0.05, 0.1) is 0 Å². The van der Waals surface area contributed by atoms with Crippen LogP contribution in [0.1, 0.15) is 43.6 Å². The van der Waals surface area contributed by atoms with E-state index in [4.69, 9.17) is 0 Å². The molecule has 4 nitrogen and oxygen atoms in total. The van der Waals surface area contributed by atoms with Crippen molar-refractivity contribution in [3.63, 3.8) is 0 Å². The number of amides is 2. The van der Waals surface area contributed by atoms with Crippen molar-refractivity contribution in [1.29, 1.82) is 0 Å². The molecule has 2 amide bonds. The highest BCUT2D eigenvalue weighted by Crippen LogP contribution is 2.17. The molecule has 0 aliphatic carbocycles. The lowest BCUT2D eigenvalue weighted by molar-refractivity contribution is -0.124. The zero-order valence-corrected chi connectivity index (χ0v) is 14.1. The Morgan fingerprint density at radius 1 is 1.25 bits per heavy atom. The van der Waals surface area contributed by atoms with Crippen LogP contribution in [0, 0.1) is 6.92 Å². The molecule has 0 radical (unpaired) electrons. The topological polar surface area (TPSA) is 58.2 Å². The normalized spacial score (nSPS) is 12.7. The molecule has 110 valence electrons. The number of benzene rings is 1. The van der Waals surface area contributed by atoms with Crippen LogP contribution in [0.3, 0.4) is 0 Å². The van der Waals surface area contributed by atoms with E-state index in [0.717, 1.165) is 10.0 Å². The Balaban J connectivity index is 2.70. The Morgan fingerprint density at radius 3 is 2.35 bits per heavy atom. The van der Waals surface area contributed by atoms with Crippen molar-refractivity contribution in [2.75, 3.05) is 0 Å². The minimum absolute atomic E-state index is 0.195. The summed E-state index contributed by atoms with van der Waals surface area (Å²) in [5.41, 5.74) is 1.20. The van der Waals surface area contributed by atoms with Crippen LogP contribution in [-0.4, -0.2) is 23.4 Å². The van der Waals surface area contributed by atoms with E-state index in [9.17, 15) is 9.59 Å². The molecule has 0 aliphatic rings. The Hall–Kier alpha value is -1.36. The maximum absolute atomic E-state index is 12.1. The molecule has 20 heavy (non-hydrogen) atoms. The molecular formula is C15H21BrN2O2. The quantitative estimate of drug-likeness (QED) is 0.888. The molecule has 1 unspecified atom stereocenters. The Kier molecular flexibility index (Phi) is 5.34. The number of rotatable bonds is 3. The minimum atomic E-state index is -0.578. The highest BCUT2D eigenvalue weighted by atomic mass is 79.9. The van der Waals surface area contributed by atoms with Crippen LogP contribution >= 0.6 is 15.9 Å². The van der Waals surface area contributed by atoms with Gasteiger partial charge in [-0.1, -0.05) is 15.9 Å². The van der Waals surface area contributed by atoms with Crippen LogP contribution in [0.4, 0.5) is 0 Å². The average Bonchev–Trinajstić information content (AvgIpc) is 2.30. The number of carbonyl (C=O) groups is 2. The van der Waals surface area contributed by atoms with Gasteiger partial charge in [0.25, 0.3) is 5.91 Å². The van der Waals surface area contributed by atoms with Crippen LogP contribution in [0.25, 0.3) is 0 Å². The number of hydrogen-bond donors (Lipinski definition) is 2. The van der Waals surface area contributed by atoms with Gasteiger partial charge >= 0.3 is 0 Å². The third kappa shape index (κ3) is 4.96. The maximum atomic E-state index is 12.1. The lowest BCUT2D eigenvalue weighted by Gasteiger charge is -2.23. The van der Waals surface area contributed by atoms with Gasteiger partial charge < -0.3 is 10.6 Å². The fourth-order valence-electron chi connectivity index (χ4n) is 1.61. The molecule has 0 aromatic heterocycles. The first kappa shape index (κ1) is 16.7. The first-order valence-corrected chi connectivity index (χ1v) is 7.28. The van der Waals surface area contributed by atoms with Gasteiger partial charge in [0.1, 0.15) is 6.04 Å². The molecule has 1 aromatic rings. The number of nitrogens with one attached hydrogen (secondary N) is 2. The standard InChI is InChI=1S/C15H21BrN2O2/c1-9-8-11(6-7-12(9)16)14(20)17-10(2)13(19)18-15(3,4)5/h6-8,10H,1-5H3,(H,17,20)(H,18,19). The van der Waals surface area contributed by atoms with Crippen molar-refractivity contribution < 1.29 is 9.59 Å². The van der Waals surface area contributed by atoms with E-state index in [1.54, 1.807) is 19.1 Å². The first-order valence-electron chi connectivity index (χ1n) is 6.49. The van der Waals surface area contributed by atoms with Crippen molar-refractivity contribution in [3.8, 4) is 0 Å². The van der Waals surface area contributed by atoms with E-state index in [0.29, 0.717) is 5.56 Å². The molecule has 1 rings (SSSR count). The molecule has 2 N–H and O–H groups in total. The van der Waals surface area contributed by atoms with E-state index in [1.807, 2.05) is 33.8 Å². The van der Waals surface area contributed by atoms with E-state index >= 15 is 0 Å². The Morgan fingerprint density at radius 2 is 1.85 bits per heavy atom. The van der Waals surface area contributed by atoms with E-state index in [-0.39, 0.29) is 17.4 Å². The summed E-state index contributed by atoms with van der Waals surface area (Å²) in [5, 5.41) is 5.53. The zero-order valence-electron chi connectivity index (χ0n) is 12.5. The third-order valence-corrected chi connectivity index (χ3v) is 3.55. The molecular weight excluding hydrogens is 320 g/mol. The smallest absolute Gasteiger partial charge is 0.251 e. The Labute approximate surface area is 128 Å². The van der Waals surface area contributed by atoms with Crippen LogP contribution in [0.2, 0.25) is 0 Å². The summed E-state index contributed by atoms with van der Waals surface area (Å²) < 4.78 is 0.951. The van der Waals surface area contributed by atoms with Crippen molar-refractivity contribution in [1.82, 2.24) is 10.6 Å². The van der Waals surface area contributed by atoms with E-state index in [2.05, 4.69) is 26.6 Å². The number of aryl methyl sites for hydroxylation is 1. The van der Waals surface area contributed by atoms with Gasteiger partial charge in [-0.25, -0.2) is 0 Å². The molecule has 1 atom stereocenters. The molecule has 0 spiro atoms. The van der Waals surface area contributed by atoms with Gasteiger partial charge in [0, 0.05) is 15.6 Å². The summed E-state index contributed by atoms with van der Waals surface area (Å²) in [6.45, 7) is 9.29. The van der Waals surface area contributed by atoms with E-state index < -0.39 is 6.04 Å². The molecule has 0 aliphatic heterocycles. The molecule has 5 heteroatoms. The number of halogens is 1. The Bertz CT molecular complexity index is 521. The second-order valence-corrected chi connectivity index (χ2v) is 6.75. The van der Waals surface area contributed by atoms with Gasteiger partial charge in [0.15, 0.2) is 0 Å². The fraction of sp³-hybridized carbons (Fsp3) is 0.467. The first-order chi connectivity index (χ1) is 9.10. The molecule has 0 heterocycles. The molecule has 0 saturated heterocycles. The highest BCUT2D eigenvalue weighted by molar-refractivity contribution is 9.10. The van der Waals surface area contributed by atoms with Crippen LogP contribution < -0.4 is 10.6 Å². The zero-order chi connectivity index (χ0) is 15.5. The monoisotopic (exact) mass is 340 g/mol. The second kappa shape index (κ2) is 6.39. The summed E-state index contributed by atoms with van der Waals surface area (Å²) in [5.74, 6) is -0.447. The van der Waals surface area contributed by atoms with Crippen molar-refractivity contribution >= 4 is 27.7 Å². The predicted molar refractivity (Wildman–Crippen MR) is 83.7 cm³/mol. The highest BCUT2D eigenvalue weighted by Gasteiger charge is 2.21. The van der Waals surface area contributed by atoms with Gasteiger partial charge in [0.2, 0.25) is 5.91 Å². The van der Waals surface area contributed by atoms with Crippen molar-refractivity contribution in [3.05, 3.63) is 33.8 Å². The van der Waals surface area contributed by atoms with Crippen molar-refractivity contribution in [2.45, 2.75) is 46.2 Å². The van der Waals surface area contributed by atoms with E-state index in [1.165, 1.54) is 0 Å².